The summed E-state index contributed by atoms with van der Waals surface area (Å²) in [4.78, 5) is 0. The first-order valence-corrected chi connectivity index (χ1v) is 8.59. The topological polar surface area (TPSA) is 0 Å². The Labute approximate surface area is 127 Å². The number of hydrogen-bond acceptors (Lipinski definition) is 0. The molecule has 3 atom stereocenters. The highest BCUT2D eigenvalue weighted by Crippen LogP contribution is 2.29. The first-order chi connectivity index (χ1) is 9.54. The van der Waals surface area contributed by atoms with Crippen molar-refractivity contribution in [3.8, 4) is 0 Å². The first kappa shape index (κ1) is 17.3. The van der Waals surface area contributed by atoms with E-state index in [0.717, 1.165) is 23.7 Å². The summed E-state index contributed by atoms with van der Waals surface area (Å²) in [5.41, 5.74) is 1.53. The van der Waals surface area contributed by atoms with Crippen LogP contribution >= 0.6 is 0 Å². The summed E-state index contributed by atoms with van der Waals surface area (Å²) in [6.07, 6.45) is 6.78. The number of hydrogen-bond donors (Lipinski definition) is 0. The first-order valence-electron chi connectivity index (χ1n) is 8.59. The minimum absolute atomic E-state index is 0.744. The maximum Gasteiger partial charge on any atom is -0.0162 e. The summed E-state index contributed by atoms with van der Waals surface area (Å²) < 4.78 is 0. The summed E-state index contributed by atoms with van der Waals surface area (Å²) in [7, 11) is 0. The lowest BCUT2D eigenvalue weighted by Gasteiger charge is -2.21. The van der Waals surface area contributed by atoms with Crippen molar-refractivity contribution in [2.45, 2.75) is 72.6 Å². The van der Waals surface area contributed by atoms with Gasteiger partial charge in [0.15, 0.2) is 0 Å². The van der Waals surface area contributed by atoms with Crippen LogP contribution < -0.4 is 0 Å². The molecule has 0 amide bonds. The average Bonchev–Trinajstić information content (AvgIpc) is 2.45. The van der Waals surface area contributed by atoms with Gasteiger partial charge >= 0.3 is 0 Å². The monoisotopic (exact) mass is 274 g/mol. The second-order valence-electron chi connectivity index (χ2n) is 7.01. The van der Waals surface area contributed by atoms with Crippen molar-refractivity contribution in [1.82, 2.24) is 0 Å². The molecule has 0 heterocycles. The molecule has 0 N–H and O–H groups in total. The quantitative estimate of drug-likeness (QED) is 0.472. The zero-order chi connectivity index (χ0) is 15.0. The van der Waals surface area contributed by atoms with Crippen molar-refractivity contribution in [3.05, 3.63) is 35.9 Å². The van der Waals surface area contributed by atoms with E-state index in [-0.39, 0.29) is 0 Å². The van der Waals surface area contributed by atoms with Crippen molar-refractivity contribution in [2.24, 2.45) is 17.8 Å². The van der Waals surface area contributed by atoms with Gasteiger partial charge in [-0.25, -0.2) is 0 Å². The molecule has 114 valence electrons. The van der Waals surface area contributed by atoms with Crippen LogP contribution in [0.25, 0.3) is 0 Å². The second-order valence-corrected chi connectivity index (χ2v) is 7.01. The molecule has 3 unspecified atom stereocenters. The highest BCUT2D eigenvalue weighted by Gasteiger charge is 2.14. The van der Waals surface area contributed by atoms with Crippen LogP contribution in [0.2, 0.25) is 0 Å². The Morgan fingerprint density at radius 2 is 1.55 bits per heavy atom. The van der Waals surface area contributed by atoms with Crippen LogP contribution in [0.15, 0.2) is 30.3 Å². The Bertz CT molecular complexity index is 338. The third-order valence-electron chi connectivity index (χ3n) is 4.95. The molecule has 20 heavy (non-hydrogen) atoms. The minimum Gasteiger partial charge on any atom is -0.0648 e. The van der Waals surface area contributed by atoms with E-state index >= 15 is 0 Å². The molecule has 0 saturated carbocycles. The molecule has 0 radical (unpaired) electrons. The molecular weight excluding hydrogens is 240 g/mol. The van der Waals surface area contributed by atoms with E-state index in [1.807, 2.05) is 0 Å². The second kappa shape index (κ2) is 9.21. The van der Waals surface area contributed by atoms with Gasteiger partial charge in [0, 0.05) is 0 Å². The van der Waals surface area contributed by atoms with Crippen LogP contribution in [0.3, 0.4) is 0 Å². The van der Waals surface area contributed by atoms with E-state index in [4.69, 9.17) is 0 Å². The Morgan fingerprint density at radius 3 is 2.10 bits per heavy atom. The molecule has 0 aliphatic carbocycles. The van der Waals surface area contributed by atoms with Gasteiger partial charge in [-0.2, -0.15) is 0 Å². The standard InChI is InChI=1S/C20H34/c1-6-19(20-13-8-7-9-14-20)15-17(4)11-10-12-18(5)16(2)3/h7-9,13-14,16-19H,6,10-12,15H2,1-5H3. The Kier molecular flexibility index (Phi) is 7.95. The lowest BCUT2D eigenvalue weighted by atomic mass is 9.84. The highest BCUT2D eigenvalue weighted by molar-refractivity contribution is 5.19. The van der Waals surface area contributed by atoms with Gasteiger partial charge in [0.05, 0.1) is 0 Å². The van der Waals surface area contributed by atoms with E-state index in [0.29, 0.717) is 0 Å². The predicted octanol–water partition coefficient (Wildman–Crippen LogP) is 6.67. The van der Waals surface area contributed by atoms with Gasteiger partial charge in [-0.1, -0.05) is 84.2 Å². The molecule has 0 heteroatoms. The largest absolute Gasteiger partial charge is 0.0648 e. The fraction of sp³-hybridized carbons (Fsp3) is 0.700. The number of benzene rings is 1. The van der Waals surface area contributed by atoms with Crippen LogP contribution in [-0.2, 0) is 0 Å². The molecule has 0 fully saturated rings. The smallest absolute Gasteiger partial charge is 0.0162 e. The van der Waals surface area contributed by atoms with Gasteiger partial charge in [-0.05, 0) is 42.1 Å². The van der Waals surface area contributed by atoms with E-state index in [1.165, 1.54) is 37.7 Å². The zero-order valence-corrected chi connectivity index (χ0v) is 14.2. The Hall–Kier alpha value is -0.780. The van der Waals surface area contributed by atoms with Gasteiger partial charge < -0.3 is 0 Å². The highest BCUT2D eigenvalue weighted by atomic mass is 14.2. The summed E-state index contributed by atoms with van der Waals surface area (Å²) in [6.45, 7) is 11.8. The summed E-state index contributed by atoms with van der Waals surface area (Å²) in [6, 6.07) is 11.1. The Morgan fingerprint density at radius 1 is 0.900 bits per heavy atom. The molecule has 0 spiro atoms. The molecular formula is C20H34. The van der Waals surface area contributed by atoms with Crippen molar-refractivity contribution < 1.29 is 0 Å². The van der Waals surface area contributed by atoms with E-state index in [1.54, 1.807) is 0 Å². The summed E-state index contributed by atoms with van der Waals surface area (Å²) in [5.74, 6) is 3.30. The normalized spacial score (nSPS) is 16.1. The van der Waals surface area contributed by atoms with Crippen LogP contribution in [0.4, 0.5) is 0 Å². The maximum absolute atomic E-state index is 2.44. The maximum atomic E-state index is 2.44. The average molecular weight is 274 g/mol. The molecule has 0 saturated heterocycles. The molecule has 0 aromatic heterocycles. The minimum atomic E-state index is 0.744. The Balaban J connectivity index is 2.35. The third-order valence-corrected chi connectivity index (χ3v) is 4.95. The van der Waals surface area contributed by atoms with Gasteiger partial charge in [0.25, 0.3) is 0 Å². The SMILES string of the molecule is CCC(CC(C)CCCC(C)C(C)C)c1ccccc1. The number of rotatable bonds is 9. The van der Waals surface area contributed by atoms with Gasteiger partial charge in [-0.15, -0.1) is 0 Å². The molecule has 0 bridgehead atoms. The summed E-state index contributed by atoms with van der Waals surface area (Å²) >= 11 is 0. The fourth-order valence-electron chi connectivity index (χ4n) is 2.99. The molecule has 0 nitrogen and oxygen atoms in total. The van der Waals surface area contributed by atoms with Crippen molar-refractivity contribution in [1.29, 1.82) is 0 Å². The van der Waals surface area contributed by atoms with E-state index in [2.05, 4.69) is 65.0 Å². The molecule has 1 aromatic rings. The zero-order valence-electron chi connectivity index (χ0n) is 14.2. The molecule has 0 aliphatic heterocycles. The van der Waals surface area contributed by atoms with E-state index < -0.39 is 0 Å². The van der Waals surface area contributed by atoms with Crippen LogP contribution in [0, 0.1) is 17.8 Å². The molecule has 1 aromatic carbocycles. The van der Waals surface area contributed by atoms with Crippen LogP contribution in [0.5, 0.6) is 0 Å². The van der Waals surface area contributed by atoms with Crippen molar-refractivity contribution in [2.75, 3.05) is 0 Å². The van der Waals surface area contributed by atoms with Gasteiger partial charge in [-0.3, -0.25) is 0 Å². The summed E-state index contributed by atoms with van der Waals surface area (Å²) in [5, 5.41) is 0. The lowest BCUT2D eigenvalue weighted by molar-refractivity contribution is 0.348. The van der Waals surface area contributed by atoms with Crippen LogP contribution in [-0.4, -0.2) is 0 Å². The van der Waals surface area contributed by atoms with E-state index in [9.17, 15) is 0 Å². The lowest BCUT2D eigenvalue weighted by Crippen LogP contribution is -2.07. The van der Waals surface area contributed by atoms with Gasteiger partial charge in [0.2, 0.25) is 0 Å². The predicted molar refractivity (Wildman–Crippen MR) is 91.1 cm³/mol. The van der Waals surface area contributed by atoms with Crippen molar-refractivity contribution >= 4 is 0 Å². The van der Waals surface area contributed by atoms with Crippen molar-refractivity contribution in [3.63, 3.8) is 0 Å². The molecule has 0 aliphatic rings. The molecule has 1 rings (SSSR count). The third kappa shape index (κ3) is 6.11. The van der Waals surface area contributed by atoms with Crippen LogP contribution in [0.1, 0.15) is 78.2 Å². The van der Waals surface area contributed by atoms with Gasteiger partial charge in [0.1, 0.15) is 0 Å². The fourth-order valence-corrected chi connectivity index (χ4v) is 2.99.